The standard InChI is InChI=1S/C20H26N4O3/c1-3-24-17(25)8-11-23(14-20(24)9-12-27-13-10-20)19(26)18-15-6-4-5-7-16(15)22(2)21-18/h4-7H,3,8-14H2,1-2H3. The number of rotatable bonds is 2. The number of para-hydroxylation sites is 1. The molecule has 1 aromatic heterocycles. The van der Waals surface area contributed by atoms with Crippen LogP contribution >= 0.6 is 0 Å². The highest BCUT2D eigenvalue weighted by Crippen LogP contribution is 2.33. The number of likely N-dealkylation sites (N-methyl/N-ethyl adjacent to an activating group) is 1. The molecule has 1 spiro atoms. The highest BCUT2D eigenvalue weighted by Gasteiger charge is 2.45. The van der Waals surface area contributed by atoms with Crippen molar-refractivity contribution in [2.45, 2.75) is 31.7 Å². The van der Waals surface area contributed by atoms with E-state index >= 15 is 0 Å². The number of hydrogen-bond acceptors (Lipinski definition) is 4. The van der Waals surface area contributed by atoms with Crippen LogP contribution in [0.1, 0.15) is 36.7 Å². The summed E-state index contributed by atoms with van der Waals surface area (Å²) >= 11 is 0. The van der Waals surface area contributed by atoms with Gasteiger partial charge < -0.3 is 14.5 Å². The maximum absolute atomic E-state index is 13.4. The number of nitrogens with zero attached hydrogens (tertiary/aromatic N) is 4. The predicted octanol–water partition coefficient (Wildman–Crippen LogP) is 1.82. The number of hydrogen-bond donors (Lipinski definition) is 0. The molecule has 2 aliphatic heterocycles. The van der Waals surface area contributed by atoms with Gasteiger partial charge in [0.15, 0.2) is 5.69 Å². The first-order valence-electron chi connectivity index (χ1n) is 9.65. The zero-order valence-electron chi connectivity index (χ0n) is 16.0. The van der Waals surface area contributed by atoms with Crippen molar-refractivity contribution in [1.29, 1.82) is 0 Å². The van der Waals surface area contributed by atoms with Crippen LogP contribution in [0, 0.1) is 0 Å². The van der Waals surface area contributed by atoms with Crippen LogP contribution in [0.4, 0.5) is 0 Å². The molecule has 2 aromatic rings. The lowest BCUT2D eigenvalue weighted by molar-refractivity contribution is -0.139. The van der Waals surface area contributed by atoms with Gasteiger partial charge in [-0.15, -0.1) is 0 Å². The molecule has 144 valence electrons. The number of aryl methyl sites for hydroxylation is 1. The maximum Gasteiger partial charge on any atom is 0.275 e. The largest absolute Gasteiger partial charge is 0.381 e. The zero-order chi connectivity index (χ0) is 19.0. The third-order valence-corrected chi connectivity index (χ3v) is 5.94. The first-order chi connectivity index (χ1) is 13.1. The number of aromatic nitrogens is 2. The molecule has 3 heterocycles. The third kappa shape index (κ3) is 3.00. The highest BCUT2D eigenvalue weighted by atomic mass is 16.5. The van der Waals surface area contributed by atoms with E-state index in [0.29, 0.717) is 45.0 Å². The number of ether oxygens (including phenoxy) is 1. The predicted molar refractivity (Wildman–Crippen MR) is 101 cm³/mol. The van der Waals surface area contributed by atoms with Crippen LogP contribution in [0.5, 0.6) is 0 Å². The molecular weight excluding hydrogens is 344 g/mol. The van der Waals surface area contributed by atoms with Crippen molar-refractivity contribution >= 4 is 22.7 Å². The lowest BCUT2D eigenvalue weighted by Gasteiger charge is -2.46. The topological polar surface area (TPSA) is 67.7 Å². The van der Waals surface area contributed by atoms with Crippen molar-refractivity contribution in [3.05, 3.63) is 30.0 Å². The fourth-order valence-electron chi connectivity index (χ4n) is 4.54. The van der Waals surface area contributed by atoms with Gasteiger partial charge in [-0.05, 0) is 25.8 Å². The Balaban J connectivity index is 1.70. The lowest BCUT2D eigenvalue weighted by Crippen LogP contribution is -2.58. The minimum Gasteiger partial charge on any atom is -0.381 e. The summed E-state index contributed by atoms with van der Waals surface area (Å²) in [7, 11) is 1.85. The smallest absolute Gasteiger partial charge is 0.275 e. The average molecular weight is 370 g/mol. The molecule has 0 bridgehead atoms. The van der Waals surface area contributed by atoms with Crippen LogP contribution in [0.25, 0.3) is 10.9 Å². The van der Waals surface area contributed by atoms with Gasteiger partial charge in [0.1, 0.15) is 0 Å². The van der Waals surface area contributed by atoms with Gasteiger partial charge in [-0.2, -0.15) is 5.10 Å². The quantitative estimate of drug-likeness (QED) is 0.809. The van der Waals surface area contributed by atoms with Crippen molar-refractivity contribution in [2.75, 3.05) is 32.8 Å². The van der Waals surface area contributed by atoms with Gasteiger partial charge in [0, 0.05) is 51.7 Å². The summed E-state index contributed by atoms with van der Waals surface area (Å²) in [5.41, 5.74) is 1.07. The number of benzene rings is 1. The molecule has 2 saturated heterocycles. The third-order valence-electron chi connectivity index (χ3n) is 5.94. The van der Waals surface area contributed by atoms with Crippen molar-refractivity contribution < 1.29 is 14.3 Å². The fraction of sp³-hybridized carbons (Fsp3) is 0.550. The molecule has 4 rings (SSSR count). The Bertz CT molecular complexity index is 869. The Kier molecular flexibility index (Phi) is 4.63. The lowest BCUT2D eigenvalue weighted by atomic mass is 9.87. The maximum atomic E-state index is 13.4. The first-order valence-corrected chi connectivity index (χ1v) is 9.65. The van der Waals surface area contributed by atoms with Crippen LogP contribution in [-0.2, 0) is 16.6 Å². The number of carbonyl (C=O) groups excluding carboxylic acids is 2. The van der Waals surface area contributed by atoms with Gasteiger partial charge >= 0.3 is 0 Å². The van der Waals surface area contributed by atoms with Gasteiger partial charge in [-0.3, -0.25) is 14.3 Å². The Labute approximate surface area is 158 Å². The summed E-state index contributed by atoms with van der Waals surface area (Å²) in [6, 6.07) is 7.76. The summed E-state index contributed by atoms with van der Waals surface area (Å²) in [5.74, 6) is 0.0315. The minimum atomic E-state index is -0.333. The second-order valence-electron chi connectivity index (χ2n) is 7.44. The van der Waals surface area contributed by atoms with Gasteiger partial charge in [-0.1, -0.05) is 18.2 Å². The molecule has 0 N–H and O–H groups in total. The molecule has 27 heavy (non-hydrogen) atoms. The molecule has 1 aromatic carbocycles. The second-order valence-corrected chi connectivity index (χ2v) is 7.44. The monoisotopic (exact) mass is 370 g/mol. The molecule has 2 fully saturated rings. The molecule has 0 saturated carbocycles. The molecule has 0 unspecified atom stereocenters. The van der Waals surface area contributed by atoms with Gasteiger partial charge in [0.25, 0.3) is 5.91 Å². The first kappa shape index (κ1) is 18.0. The van der Waals surface area contributed by atoms with Crippen LogP contribution in [0.2, 0.25) is 0 Å². The van der Waals surface area contributed by atoms with Crippen molar-refractivity contribution in [1.82, 2.24) is 19.6 Å². The van der Waals surface area contributed by atoms with Crippen molar-refractivity contribution in [2.24, 2.45) is 7.05 Å². The van der Waals surface area contributed by atoms with E-state index < -0.39 is 0 Å². The van der Waals surface area contributed by atoms with E-state index in [2.05, 4.69) is 5.10 Å². The Morgan fingerprint density at radius 1 is 1.26 bits per heavy atom. The zero-order valence-corrected chi connectivity index (χ0v) is 16.0. The summed E-state index contributed by atoms with van der Waals surface area (Å²) in [6.07, 6.45) is 1.88. The highest BCUT2D eigenvalue weighted by molar-refractivity contribution is 6.05. The number of fused-ring (bicyclic) bond motifs is 1. The molecular formula is C20H26N4O3. The molecule has 2 aliphatic rings. The Morgan fingerprint density at radius 2 is 2.00 bits per heavy atom. The number of amides is 2. The van der Waals surface area contributed by atoms with Gasteiger partial charge in [0.2, 0.25) is 5.91 Å². The van der Waals surface area contributed by atoms with E-state index in [1.165, 1.54) is 0 Å². The summed E-state index contributed by atoms with van der Waals surface area (Å²) in [4.78, 5) is 30.0. The van der Waals surface area contributed by atoms with E-state index in [9.17, 15) is 9.59 Å². The van der Waals surface area contributed by atoms with E-state index in [4.69, 9.17) is 4.74 Å². The van der Waals surface area contributed by atoms with E-state index in [0.717, 1.165) is 23.7 Å². The van der Waals surface area contributed by atoms with E-state index in [-0.39, 0.29) is 17.4 Å². The van der Waals surface area contributed by atoms with Crippen LogP contribution in [0.3, 0.4) is 0 Å². The fourth-order valence-corrected chi connectivity index (χ4v) is 4.54. The average Bonchev–Trinajstić information content (AvgIpc) is 2.96. The van der Waals surface area contributed by atoms with E-state index in [1.54, 1.807) is 4.68 Å². The van der Waals surface area contributed by atoms with Crippen LogP contribution in [-0.4, -0.2) is 69.8 Å². The summed E-state index contributed by atoms with van der Waals surface area (Å²) in [6.45, 7) is 4.89. The Morgan fingerprint density at radius 3 is 2.74 bits per heavy atom. The SMILES string of the molecule is CCN1C(=O)CCN(C(=O)c2nn(C)c3ccccc23)CC12CCOCC2. The van der Waals surface area contributed by atoms with Crippen molar-refractivity contribution in [3.8, 4) is 0 Å². The summed E-state index contributed by atoms with van der Waals surface area (Å²) in [5, 5.41) is 5.35. The normalized spacial score (nSPS) is 20.3. The summed E-state index contributed by atoms with van der Waals surface area (Å²) < 4.78 is 7.29. The van der Waals surface area contributed by atoms with E-state index in [1.807, 2.05) is 48.0 Å². The minimum absolute atomic E-state index is 0.0941. The molecule has 7 heteroatoms. The molecule has 0 radical (unpaired) electrons. The molecule has 2 amide bonds. The second kappa shape index (κ2) is 6.96. The molecule has 0 aliphatic carbocycles. The number of carbonyl (C=O) groups is 2. The van der Waals surface area contributed by atoms with Crippen LogP contribution < -0.4 is 0 Å². The Hall–Kier alpha value is -2.41. The van der Waals surface area contributed by atoms with Gasteiger partial charge in [-0.25, -0.2) is 0 Å². The van der Waals surface area contributed by atoms with Crippen molar-refractivity contribution in [3.63, 3.8) is 0 Å². The molecule has 7 nitrogen and oxygen atoms in total. The molecule has 0 atom stereocenters. The van der Waals surface area contributed by atoms with Crippen LogP contribution in [0.15, 0.2) is 24.3 Å². The van der Waals surface area contributed by atoms with Gasteiger partial charge in [0.05, 0.1) is 11.1 Å².